The fourth-order valence-corrected chi connectivity index (χ4v) is 5.98. The molecule has 0 fully saturated rings. The molecule has 0 spiro atoms. The Morgan fingerprint density at radius 3 is 2.15 bits per heavy atom. The maximum atomic E-state index is 14.5. The number of aromatic nitrogens is 2. The lowest BCUT2D eigenvalue weighted by Crippen LogP contribution is -2.41. The summed E-state index contributed by atoms with van der Waals surface area (Å²) in [5.41, 5.74) is 4.92. The molecular weight excluding hydrogens is 596 g/mol. The van der Waals surface area contributed by atoms with Crippen molar-refractivity contribution in [2.24, 2.45) is 0 Å². The predicted molar refractivity (Wildman–Crippen MR) is 188 cm³/mol. The Hall–Kier alpha value is -4.62. The van der Waals surface area contributed by atoms with Crippen LogP contribution in [-0.2, 0) is 6.42 Å². The average Bonchev–Trinajstić information content (AvgIpc) is 3.05. The number of hydrogen-bond acceptors (Lipinski definition) is 4. The van der Waals surface area contributed by atoms with E-state index in [0.29, 0.717) is 46.2 Å². The van der Waals surface area contributed by atoms with Crippen LogP contribution in [0.5, 0.6) is 5.75 Å². The minimum atomic E-state index is -0.601. The first-order valence-electron chi connectivity index (χ1n) is 15.7. The maximum Gasteiger partial charge on any atom is 0.322 e. The number of ether oxygens (including phenoxy) is 1. The summed E-state index contributed by atoms with van der Waals surface area (Å²) in [6, 6.07) is 27.7. The van der Waals surface area contributed by atoms with E-state index in [1.165, 1.54) is 0 Å². The average molecular weight is 637 g/mol. The summed E-state index contributed by atoms with van der Waals surface area (Å²) in [5.74, 6) is 1.50. The fraction of sp³-hybridized carbons (Fsp3) is 0.289. The SMILES string of the molecule is COc1ccc(-n2c(C(C)N(CCc3ccccc3)C(=O)Nc3c(C(C)C)cccc3C(C)C)nc3cc(Cl)ccc3c2=O)cc1. The zero-order chi connectivity index (χ0) is 33.0. The smallest absolute Gasteiger partial charge is 0.322 e. The Morgan fingerprint density at radius 1 is 0.891 bits per heavy atom. The number of rotatable bonds is 10. The number of nitrogens with one attached hydrogen (secondary N) is 1. The third kappa shape index (κ3) is 6.95. The van der Waals surface area contributed by atoms with Gasteiger partial charge in [-0.2, -0.15) is 0 Å². The first kappa shape index (κ1) is 32.8. The number of fused-ring (bicyclic) bond motifs is 1. The van der Waals surface area contributed by atoms with Crippen LogP contribution in [0, 0.1) is 0 Å². The number of hydrogen-bond donors (Lipinski definition) is 1. The highest BCUT2D eigenvalue weighted by Gasteiger charge is 2.28. The number of para-hydroxylation sites is 1. The summed E-state index contributed by atoms with van der Waals surface area (Å²) in [4.78, 5) is 35.4. The molecule has 1 aromatic heterocycles. The lowest BCUT2D eigenvalue weighted by atomic mass is 9.92. The maximum absolute atomic E-state index is 14.5. The van der Waals surface area contributed by atoms with E-state index in [9.17, 15) is 9.59 Å². The molecule has 0 bridgehead atoms. The van der Waals surface area contributed by atoms with Crippen LogP contribution in [0.25, 0.3) is 16.6 Å². The number of amides is 2. The van der Waals surface area contributed by atoms with Crippen LogP contribution in [0.15, 0.2) is 95.8 Å². The molecule has 0 aliphatic heterocycles. The van der Waals surface area contributed by atoms with E-state index in [2.05, 4.69) is 57.3 Å². The molecule has 0 aliphatic rings. The number of halogens is 1. The summed E-state index contributed by atoms with van der Waals surface area (Å²) in [5, 5.41) is 4.21. The van der Waals surface area contributed by atoms with Crippen molar-refractivity contribution in [2.75, 3.05) is 19.0 Å². The lowest BCUT2D eigenvalue weighted by molar-refractivity contribution is 0.190. The van der Waals surface area contributed by atoms with E-state index in [-0.39, 0.29) is 23.4 Å². The van der Waals surface area contributed by atoms with Crippen LogP contribution in [0.3, 0.4) is 0 Å². The second-order valence-electron chi connectivity index (χ2n) is 12.1. The normalized spacial score (nSPS) is 12.0. The van der Waals surface area contributed by atoms with Crippen LogP contribution in [0.4, 0.5) is 10.5 Å². The first-order valence-corrected chi connectivity index (χ1v) is 16.1. The van der Waals surface area contributed by atoms with E-state index in [4.69, 9.17) is 21.3 Å². The van der Waals surface area contributed by atoms with Gasteiger partial charge in [0.05, 0.1) is 29.7 Å². The molecule has 2 amide bonds. The van der Waals surface area contributed by atoms with Crippen molar-refractivity contribution in [1.29, 1.82) is 0 Å². The van der Waals surface area contributed by atoms with Gasteiger partial charge < -0.3 is 15.0 Å². The third-order valence-corrected chi connectivity index (χ3v) is 8.61. The Morgan fingerprint density at radius 2 is 1.54 bits per heavy atom. The minimum Gasteiger partial charge on any atom is -0.497 e. The zero-order valence-electron chi connectivity index (χ0n) is 27.3. The Bertz CT molecular complexity index is 1860. The van der Waals surface area contributed by atoms with Crippen molar-refractivity contribution in [1.82, 2.24) is 14.5 Å². The van der Waals surface area contributed by atoms with Crippen LogP contribution < -0.4 is 15.6 Å². The van der Waals surface area contributed by atoms with Crippen molar-refractivity contribution < 1.29 is 9.53 Å². The summed E-state index contributed by atoms with van der Waals surface area (Å²) in [6.45, 7) is 10.8. The van der Waals surface area contributed by atoms with Gasteiger partial charge in [0, 0.05) is 17.3 Å². The van der Waals surface area contributed by atoms with Gasteiger partial charge in [0.15, 0.2) is 0 Å². The molecule has 7 nitrogen and oxygen atoms in total. The largest absolute Gasteiger partial charge is 0.497 e. The highest BCUT2D eigenvalue weighted by molar-refractivity contribution is 6.31. The van der Waals surface area contributed by atoms with Gasteiger partial charge in [-0.1, -0.05) is 87.8 Å². The zero-order valence-corrected chi connectivity index (χ0v) is 28.0. The molecule has 1 unspecified atom stereocenters. The quantitative estimate of drug-likeness (QED) is 0.166. The molecule has 46 heavy (non-hydrogen) atoms. The lowest BCUT2D eigenvalue weighted by Gasteiger charge is -2.32. The molecule has 5 rings (SSSR count). The Kier molecular flexibility index (Phi) is 10.1. The standard InChI is InChI=1S/C38H41ClN4O3/c1-24(2)31-13-10-14-32(25(3)4)35(31)41-38(45)42(22-21-27-11-8-7-9-12-27)26(5)36-40-34-23-28(39)15-20-33(34)37(44)43(36)29-16-18-30(46-6)19-17-29/h7-20,23-26H,21-22H2,1-6H3,(H,41,45). The number of carbonyl (C=O) groups excluding carboxylic acids is 1. The van der Waals surface area contributed by atoms with Crippen LogP contribution in [-0.4, -0.2) is 34.1 Å². The highest BCUT2D eigenvalue weighted by atomic mass is 35.5. The van der Waals surface area contributed by atoms with Gasteiger partial charge in [-0.3, -0.25) is 9.36 Å². The summed E-state index contributed by atoms with van der Waals surface area (Å²) in [7, 11) is 1.60. The van der Waals surface area contributed by atoms with Crippen molar-refractivity contribution in [3.8, 4) is 11.4 Å². The van der Waals surface area contributed by atoms with Crippen LogP contribution >= 0.6 is 11.6 Å². The van der Waals surface area contributed by atoms with Crippen molar-refractivity contribution in [3.63, 3.8) is 0 Å². The highest BCUT2D eigenvalue weighted by Crippen LogP contribution is 2.34. The summed E-state index contributed by atoms with van der Waals surface area (Å²) in [6.07, 6.45) is 0.619. The van der Waals surface area contributed by atoms with Crippen LogP contribution in [0.1, 0.15) is 75.0 Å². The van der Waals surface area contributed by atoms with Crippen molar-refractivity contribution in [3.05, 3.63) is 129 Å². The number of carbonyl (C=O) groups is 1. The van der Waals surface area contributed by atoms with Gasteiger partial charge in [-0.15, -0.1) is 0 Å². The van der Waals surface area contributed by atoms with Crippen molar-refractivity contribution >= 4 is 34.2 Å². The third-order valence-electron chi connectivity index (χ3n) is 8.38. The summed E-state index contributed by atoms with van der Waals surface area (Å²) >= 11 is 6.36. The van der Waals surface area contributed by atoms with E-state index in [1.54, 1.807) is 46.9 Å². The summed E-state index contributed by atoms with van der Waals surface area (Å²) < 4.78 is 6.96. The number of anilines is 1. The van der Waals surface area contributed by atoms with E-state index in [1.807, 2.05) is 43.3 Å². The molecule has 4 aromatic carbocycles. The molecule has 0 radical (unpaired) electrons. The van der Waals surface area contributed by atoms with Gasteiger partial charge in [-0.25, -0.2) is 9.78 Å². The molecule has 1 heterocycles. The molecule has 8 heteroatoms. The molecule has 1 N–H and O–H groups in total. The van der Waals surface area contributed by atoms with Gasteiger partial charge >= 0.3 is 6.03 Å². The van der Waals surface area contributed by atoms with E-state index < -0.39 is 6.04 Å². The molecule has 0 aliphatic carbocycles. The number of urea groups is 1. The van der Waals surface area contributed by atoms with Gasteiger partial charge in [-0.05, 0) is 84.3 Å². The van der Waals surface area contributed by atoms with E-state index in [0.717, 1.165) is 22.4 Å². The molecule has 238 valence electrons. The van der Waals surface area contributed by atoms with Crippen molar-refractivity contribution in [2.45, 2.75) is 58.9 Å². The fourth-order valence-electron chi connectivity index (χ4n) is 5.82. The van der Waals surface area contributed by atoms with Gasteiger partial charge in [0.1, 0.15) is 11.6 Å². The molecule has 1 atom stereocenters. The monoisotopic (exact) mass is 636 g/mol. The molecular formula is C38H41ClN4O3. The predicted octanol–water partition coefficient (Wildman–Crippen LogP) is 9.13. The van der Waals surface area contributed by atoms with Gasteiger partial charge in [0.2, 0.25) is 0 Å². The number of nitrogens with zero attached hydrogens (tertiary/aromatic N) is 3. The number of methoxy groups -OCH3 is 1. The molecule has 0 saturated carbocycles. The van der Waals surface area contributed by atoms with E-state index >= 15 is 0 Å². The molecule has 0 saturated heterocycles. The first-order chi connectivity index (χ1) is 22.1. The van der Waals surface area contributed by atoms with Gasteiger partial charge in [0.25, 0.3) is 5.56 Å². The Balaban J connectivity index is 1.65. The Labute approximate surface area is 275 Å². The topological polar surface area (TPSA) is 76.5 Å². The molecule has 5 aromatic rings. The second-order valence-corrected chi connectivity index (χ2v) is 12.6. The van der Waals surface area contributed by atoms with Crippen LogP contribution in [0.2, 0.25) is 5.02 Å². The number of benzene rings is 4. The second kappa shape index (κ2) is 14.2. The minimum absolute atomic E-state index is 0.205.